The van der Waals surface area contributed by atoms with E-state index in [9.17, 15) is 9.59 Å². The molecule has 172 valence electrons. The highest BCUT2D eigenvalue weighted by Gasteiger charge is 2.23. The molecule has 3 heterocycles. The number of nitrogens with zero attached hydrogens (tertiary/aromatic N) is 4. The summed E-state index contributed by atoms with van der Waals surface area (Å²) in [6.45, 7) is 2.46. The molecule has 2 aromatic heterocycles. The molecule has 0 bridgehead atoms. The zero-order valence-electron chi connectivity index (χ0n) is 19.0. The molecule has 0 fully saturated rings. The SMILES string of the molecule is Cc1cc(C(=O)N(C)C)ccc1-n1ncnc1-c1cc2c(s1)-c1ccc(C(N)=O)cc1OCC2. The minimum atomic E-state index is -0.482. The molecular weight excluding hydrogens is 450 g/mol. The minimum Gasteiger partial charge on any atom is -0.493 e. The maximum Gasteiger partial charge on any atom is 0.253 e. The third-order valence-corrected chi connectivity index (χ3v) is 7.00. The first-order valence-electron chi connectivity index (χ1n) is 10.8. The minimum absolute atomic E-state index is 0.0455. The summed E-state index contributed by atoms with van der Waals surface area (Å²) in [7, 11) is 3.47. The number of aryl methyl sites for hydroxylation is 1. The second-order valence-electron chi connectivity index (χ2n) is 8.33. The van der Waals surface area contributed by atoms with Crippen LogP contribution in [0.15, 0.2) is 48.8 Å². The number of rotatable bonds is 4. The van der Waals surface area contributed by atoms with Crippen molar-refractivity contribution in [3.63, 3.8) is 0 Å². The summed E-state index contributed by atoms with van der Waals surface area (Å²) in [6, 6.07) is 13.0. The highest BCUT2D eigenvalue weighted by Crippen LogP contribution is 2.44. The normalized spacial score (nSPS) is 12.3. The number of amides is 2. The molecule has 0 spiro atoms. The van der Waals surface area contributed by atoms with Gasteiger partial charge in [0, 0.05) is 42.1 Å². The smallest absolute Gasteiger partial charge is 0.253 e. The van der Waals surface area contributed by atoms with Gasteiger partial charge in [0.05, 0.1) is 17.2 Å². The van der Waals surface area contributed by atoms with Crippen LogP contribution in [0.5, 0.6) is 5.75 Å². The van der Waals surface area contributed by atoms with E-state index < -0.39 is 5.91 Å². The number of nitrogens with two attached hydrogens (primary N) is 1. The Morgan fingerprint density at radius 1 is 1.12 bits per heavy atom. The predicted octanol–water partition coefficient (Wildman–Crippen LogP) is 3.71. The lowest BCUT2D eigenvalue weighted by molar-refractivity contribution is 0.0827. The number of primary amides is 1. The molecule has 0 saturated carbocycles. The molecule has 0 radical (unpaired) electrons. The van der Waals surface area contributed by atoms with Crippen LogP contribution in [0.1, 0.15) is 31.8 Å². The van der Waals surface area contributed by atoms with Gasteiger partial charge in [0.2, 0.25) is 5.91 Å². The fourth-order valence-corrected chi connectivity index (χ4v) is 5.30. The maximum atomic E-state index is 12.3. The molecule has 0 atom stereocenters. The van der Waals surface area contributed by atoms with Gasteiger partial charge in [-0.15, -0.1) is 11.3 Å². The second-order valence-corrected chi connectivity index (χ2v) is 9.39. The lowest BCUT2D eigenvalue weighted by Gasteiger charge is -2.13. The number of thiophene rings is 1. The van der Waals surface area contributed by atoms with Crippen molar-refractivity contribution in [1.29, 1.82) is 0 Å². The number of carbonyl (C=O) groups excluding carboxylic acids is 2. The Bertz CT molecular complexity index is 1440. The highest BCUT2D eigenvalue weighted by atomic mass is 32.1. The van der Waals surface area contributed by atoms with Crippen LogP contribution in [-0.2, 0) is 6.42 Å². The Hall–Kier alpha value is -3.98. The van der Waals surface area contributed by atoms with Crippen LogP contribution in [-0.4, -0.2) is 52.2 Å². The van der Waals surface area contributed by atoms with Gasteiger partial charge in [-0.1, -0.05) is 0 Å². The average molecular weight is 474 g/mol. The van der Waals surface area contributed by atoms with Crippen LogP contribution in [0.2, 0.25) is 0 Å². The van der Waals surface area contributed by atoms with Crippen molar-refractivity contribution in [2.45, 2.75) is 13.3 Å². The third-order valence-electron chi connectivity index (χ3n) is 5.79. The molecule has 0 unspecified atom stereocenters. The molecule has 2 N–H and O–H groups in total. The van der Waals surface area contributed by atoms with E-state index in [1.807, 2.05) is 31.2 Å². The number of hydrogen-bond donors (Lipinski definition) is 1. The number of fused-ring (bicyclic) bond motifs is 3. The molecule has 1 aliphatic heterocycles. The molecular formula is C25H23N5O3S. The van der Waals surface area contributed by atoms with E-state index in [-0.39, 0.29) is 5.91 Å². The first-order valence-corrected chi connectivity index (χ1v) is 11.6. The summed E-state index contributed by atoms with van der Waals surface area (Å²) in [4.78, 5) is 32.1. The molecule has 2 amide bonds. The van der Waals surface area contributed by atoms with Gasteiger partial charge in [0.15, 0.2) is 5.82 Å². The Morgan fingerprint density at radius 2 is 1.91 bits per heavy atom. The van der Waals surface area contributed by atoms with Crippen molar-refractivity contribution < 1.29 is 14.3 Å². The Balaban J connectivity index is 1.56. The molecule has 8 nitrogen and oxygen atoms in total. The first kappa shape index (κ1) is 21.8. The van der Waals surface area contributed by atoms with Crippen LogP contribution in [0.4, 0.5) is 0 Å². The van der Waals surface area contributed by atoms with Gasteiger partial charge in [-0.3, -0.25) is 9.59 Å². The van der Waals surface area contributed by atoms with Crippen LogP contribution in [0.25, 0.3) is 26.8 Å². The monoisotopic (exact) mass is 473 g/mol. The fourth-order valence-electron chi connectivity index (χ4n) is 4.08. The Kier molecular flexibility index (Phi) is 5.41. The number of benzene rings is 2. The summed E-state index contributed by atoms with van der Waals surface area (Å²) < 4.78 is 7.71. The van der Waals surface area contributed by atoms with Gasteiger partial charge >= 0.3 is 0 Å². The summed E-state index contributed by atoms with van der Waals surface area (Å²) in [5, 5.41) is 4.47. The van der Waals surface area contributed by atoms with Crippen molar-refractivity contribution in [3.05, 3.63) is 71.0 Å². The molecule has 0 aliphatic carbocycles. The van der Waals surface area contributed by atoms with Gasteiger partial charge < -0.3 is 15.4 Å². The topological polar surface area (TPSA) is 103 Å². The van der Waals surface area contributed by atoms with Gasteiger partial charge in [-0.05, 0) is 60.5 Å². The number of aromatic nitrogens is 3. The Labute approximate surface area is 200 Å². The molecule has 9 heteroatoms. The molecule has 34 heavy (non-hydrogen) atoms. The van der Waals surface area contributed by atoms with Crippen molar-refractivity contribution in [2.24, 2.45) is 5.73 Å². The van der Waals surface area contributed by atoms with E-state index in [2.05, 4.69) is 16.1 Å². The first-order chi connectivity index (χ1) is 16.3. The highest BCUT2D eigenvalue weighted by molar-refractivity contribution is 7.19. The molecule has 0 saturated heterocycles. The average Bonchev–Trinajstić information content (AvgIpc) is 3.42. The van der Waals surface area contributed by atoms with Crippen molar-refractivity contribution in [3.8, 4) is 32.6 Å². The molecule has 5 rings (SSSR count). The third kappa shape index (κ3) is 3.73. The number of carbonyl (C=O) groups is 2. The lowest BCUT2D eigenvalue weighted by Crippen LogP contribution is -2.21. The van der Waals surface area contributed by atoms with E-state index in [4.69, 9.17) is 10.5 Å². The summed E-state index contributed by atoms with van der Waals surface area (Å²) in [5.74, 6) is 0.853. The van der Waals surface area contributed by atoms with E-state index in [1.165, 1.54) is 6.33 Å². The molecule has 2 aromatic carbocycles. The quantitative estimate of drug-likeness (QED) is 0.487. The van der Waals surface area contributed by atoms with Crippen molar-refractivity contribution in [1.82, 2.24) is 19.7 Å². The van der Waals surface area contributed by atoms with Crippen LogP contribution in [0, 0.1) is 6.92 Å². The van der Waals surface area contributed by atoms with Gasteiger partial charge in [0.1, 0.15) is 12.1 Å². The Morgan fingerprint density at radius 3 is 2.65 bits per heavy atom. The molecule has 4 aromatic rings. The van der Waals surface area contributed by atoms with Crippen LogP contribution >= 0.6 is 11.3 Å². The number of hydrogen-bond acceptors (Lipinski definition) is 6. The lowest BCUT2D eigenvalue weighted by atomic mass is 10.1. The summed E-state index contributed by atoms with van der Waals surface area (Å²) in [6.07, 6.45) is 2.27. The number of ether oxygens (including phenoxy) is 1. The van der Waals surface area contributed by atoms with Gasteiger partial charge in [-0.25, -0.2) is 9.67 Å². The van der Waals surface area contributed by atoms with Crippen LogP contribution < -0.4 is 10.5 Å². The zero-order valence-corrected chi connectivity index (χ0v) is 19.8. The maximum absolute atomic E-state index is 12.3. The largest absolute Gasteiger partial charge is 0.493 e. The van der Waals surface area contributed by atoms with Crippen molar-refractivity contribution in [2.75, 3.05) is 20.7 Å². The van der Waals surface area contributed by atoms with E-state index in [0.717, 1.165) is 44.4 Å². The standard InChI is InChI=1S/C25H23N5O3S/c1-14-10-17(25(32)29(2)3)5-7-19(14)30-24(27-13-28-30)21-12-15-8-9-33-20-11-16(23(26)31)4-6-18(20)22(15)34-21/h4-7,10-13H,8-9H2,1-3H3,(H2,26,31). The van der Waals surface area contributed by atoms with Crippen molar-refractivity contribution >= 4 is 23.2 Å². The van der Waals surface area contributed by atoms with Crippen LogP contribution in [0.3, 0.4) is 0 Å². The van der Waals surface area contributed by atoms with Gasteiger partial charge in [-0.2, -0.15) is 5.10 Å². The van der Waals surface area contributed by atoms with E-state index >= 15 is 0 Å². The summed E-state index contributed by atoms with van der Waals surface area (Å²) >= 11 is 1.61. The zero-order chi connectivity index (χ0) is 24.0. The summed E-state index contributed by atoms with van der Waals surface area (Å²) in [5.41, 5.74) is 10.4. The fraction of sp³-hybridized carbons (Fsp3) is 0.200. The van der Waals surface area contributed by atoms with E-state index in [1.54, 1.807) is 47.1 Å². The second kappa shape index (κ2) is 8.42. The van der Waals surface area contributed by atoms with E-state index in [0.29, 0.717) is 23.5 Å². The predicted molar refractivity (Wildman–Crippen MR) is 131 cm³/mol. The molecule has 1 aliphatic rings. The van der Waals surface area contributed by atoms with Gasteiger partial charge in [0.25, 0.3) is 5.91 Å².